The maximum atomic E-state index is 5.62. The highest BCUT2D eigenvalue weighted by molar-refractivity contribution is 5.41. The smallest absolute Gasteiger partial charge is 0.122 e. The Balaban J connectivity index is 1.59. The fourth-order valence-corrected chi connectivity index (χ4v) is 4.52. The molecule has 3 atom stereocenters. The third-order valence-corrected chi connectivity index (χ3v) is 5.49. The molecule has 2 saturated carbocycles. The summed E-state index contributed by atoms with van der Waals surface area (Å²) in [7, 11) is 2.12. The molecule has 2 aliphatic carbocycles. The fraction of sp³-hybridized carbons (Fsp3) is 0.647. The van der Waals surface area contributed by atoms with Crippen LogP contribution in [0.4, 0.5) is 0 Å². The van der Waals surface area contributed by atoms with Crippen LogP contribution in [0.1, 0.15) is 42.9 Å². The van der Waals surface area contributed by atoms with Crippen molar-refractivity contribution in [2.24, 2.45) is 17.8 Å². The maximum absolute atomic E-state index is 5.62. The first kappa shape index (κ1) is 11.8. The Labute approximate surface area is 115 Å². The molecule has 3 aliphatic rings. The summed E-state index contributed by atoms with van der Waals surface area (Å²) in [4.78, 5) is 0. The number of ether oxygens (including phenoxy) is 1. The molecule has 0 radical (unpaired) electrons. The Kier molecular flexibility index (Phi) is 2.80. The fourth-order valence-electron chi connectivity index (χ4n) is 4.52. The van der Waals surface area contributed by atoms with Crippen molar-refractivity contribution in [3.05, 3.63) is 29.3 Å². The molecule has 1 aromatic rings. The average molecular weight is 257 g/mol. The summed E-state index contributed by atoms with van der Waals surface area (Å²) in [5, 5.41) is 3.59. The van der Waals surface area contributed by atoms with E-state index in [0.29, 0.717) is 6.04 Å². The van der Waals surface area contributed by atoms with Crippen molar-refractivity contribution in [3.8, 4) is 5.75 Å². The monoisotopic (exact) mass is 257 g/mol. The molecule has 102 valence electrons. The minimum absolute atomic E-state index is 0.555. The van der Waals surface area contributed by atoms with Gasteiger partial charge in [-0.1, -0.05) is 25.0 Å². The number of fused-ring (bicyclic) bond motifs is 2. The van der Waals surface area contributed by atoms with Crippen molar-refractivity contribution in [1.82, 2.24) is 5.32 Å². The highest BCUT2D eigenvalue weighted by Gasteiger charge is 2.54. The summed E-state index contributed by atoms with van der Waals surface area (Å²) in [6.07, 6.45) is 6.90. The number of hydrogen-bond donors (Lipinski definition) is 1. The van der Waals surface area contributed by atoms with Gasteiger partial charge in [-0.2, -0.15) is 0 Å². The van der Waals surface area contributed by atoms with Crippen molar-refractivity contribution in [1.29, 1.82) is 0 Å². The van der Waals surface area contributed by atoms with Gasteiger partial charge in [-0.15, -0.1) is 0 Å². The van der Waals surface area contributed by atoms with Gasteiger partial charge in [-0.05, 0) is 54.8 Å². The second kappa shape index (κ2) is 4.52. The molecular formula is C17H23NO. The van der Waals surface area contributed by atoms with Gasteiger partial charge >= 0.3 is 0 Å². The first-order valence-corrected chi connectivity index (χ1v) is 7.81. The molecule has 19 heavy (non-hydrogen) atoms. The van der Waals surface area contributed by atoms with E-state index in [1.807, 2.05) is 0 Å². The first-order chi connectivity index (χ1) is 9.38. The Hall–Kier alpha value is -1.02. The van der Waals surface area contributed by atoms with Crippen molar-refractivity contribution < 1.29 is 4.74 Å². The van der Waals surface area contributed by atoms with Crippen molar-refractivity contribution >= 4 is 0 Å². The van der Waals surface area contributed by atoms with E-state index in [1.54, 1.807) is 0 Å². The third kappa shape index (κ3) is 1.88. The molecule has 0 amide bonds. The maximum Gasteiger partial charge on any atom is 0.122 e. The zero-order valence-corrected chi connectivity index (χ0v) is 11.7. The standard InChI is InChI=1S/C17H23NO/c1-18-17(16-13-4-2-3-5-14(13)16)12-6-7-15-11(10-12)8-9-19-15/h6-7,10,13-14,16-18H,2-5,8-9H2,1H3. The van der Waals surface area contributed by atoms with Crippen LogP contribution in [-0.4, -0.2) is 13.7 Å². The molecule has 3 unspecified atom stereocenters. The van der Waals surface area contributed by atoms with E-state index in [4.69, 9.17) is 4.74 Å². The Bertz CT molecular complexity index is 472. The van der Waals surface area contributed by atoms with Crippen LogP contribution < -0.4 is 10.1 Å². The second-order valence-corrected chi connectivity index (χ2v) is 6.42. The first-order valence-electron chi connectivity index (χ1n) is 7.81. The second-order valence-electron chi connectivity index (χ2n) is 6.42. The molecule has 0 bridgehead atoms. The predicted octanol–water partition coefficient (Wildman–Crippen LogP) is 3.32. The van der Waals surface area contributed by atoms with Crippen LogP contribution in [0.5, 0.6) is 5.75 Å². The third-order valence-electron chi connectivity index (χ3n) is 5.49. The molecule has 1 aromatic carbocycles. The summed E-state index contributed by atoms with van der Waals surface area (Å²) in [5.41, 5.74) is 2.88. The number of benzene rings is 1. The SMILES string of the molecule is CNC(c1ccc2c(c1)CCO2)C1C2CCCCC21. The van der Waals surface area contributed by atoms with Gasteiger partial charge in [0.25, 0.3) is 0 Å². The van der Waals surface area contributed by atoms with Crippen LogP contribution in [0, 0.1) is 17.8 Å². The molecule has 1 N–H and O–H groups in total. The Morgan fingerprint density at radius 2 is 2.00 bits per heavy atom. The highest BCUT2D eigenvalue weighted by Crippen LogP contribution is 2.60. The van der Waals surface area contributed by atoms with E-state index in [9.17, 15) is 0 Å². The topological polar surface area (TPSA) is 21.3 Å². The van der Waals surface area contributed by atoms with Crippen LogP contribution in [0.15, 0.2) is 18.2 Å². The molecule has 1 heterocycles. The van der Waals surface area contributed by atoms with Crippen molar-refractivity contribution in [2.75, 3.05) is 13.7 Å². The van der Waals surface area contributed by atoms with E-state index in [0.717, 1.165) is 36.5 Å². The summed E-state index contributed by atoms with van der Waals surface area (Å²) in [5.74, 6) is 3.98. The van der Waals surface area contributed by atoms with E-state index in [1.165, 1.54) is 36.8 Å². The largest absolute Gasteiger partial charge is 0.493 e. The number of hydrogen-bond acceptors (Lipinski definition) is 2. The van der Waals surface area contributed by atoms with Crippen LogP contribution in [0.3, 0.4) is 0 Å². The molecule has 4 rings (SSSR count). The lowest BCUT2D eigenvalue weighted by atomic mass is 9.97. The lowest BCUT2D eigenvalue weighted by Gasteiger charge is -2.18. The molecule has 2 fully saturated rings. The number of rotatable bonds is 3. The van der Waals surface area contributed by atoms with Gasteiger partial charge in [0.15, 0.2) is 0 Å². The lowest BCUT2D eigenvalue weighted by molar-refractivity contribution is 0.356. The predicted molar refractivity (Wildman–Crippen MR) is 76.4 cm³/mol. The lowest BCUT2D eigenvalue weighted by Crippen LogP contribution is -2.20. The Morgan fingerprint density at radius 1 is 1.21 bits per heavy atom. The molecule has 2 heteroatoms. The number of nitrogens with one attached hydrogen (secondary N) is 1. The van der Waals surface area contributed by atoms with Gasteiger partial charge < -0.3 is 10.1 Å². The molecule has 1 aliphatic heterocycles. The summed E-state index contributed by atoms with van der Waals surface area (Å²) >= 11 is 0. The van der Waals surface area contributed by atoms with Gasteiger partial charge in [-0.25, -0.2) is 0 Å². The van der Waals surface area contributed by atoms with Crippen molar-refractivity contribution in [3.63, 3.8) is 0 Å². The minimum Gasteiger partial charge on any atom is -0.493 e. The molecule has 0 aromatic heterocycles. The highest BCUT2D eigenvalue weighted by atomic mass is 16.5. The van der Waals surface area contributed by atoms with Gasteiger partial charge in [0.05, 0.1) is 6.61 Å². The van der Waals surface area contributed by atoms with Gasteiger partial charge in [0.1, 0.15) is 5.75 Å². The van der Waals surface area contributed by atoms with Gasteiger partial charge in [-0.3, -0.25) is 0 Å². The molecule has 0 spiro atoms. The van der Waals surface area contributed by atoms with E-state index < -0.39 is 0 Å². The summed E-state index contributed by atoms with van der Waals surface area (Å²) in [6, 6.07) is 7.39. The Morgan fingerprint density at radius 3 is 2.74 bits per heavy atom. The molecule has 2 nitrogen and oxygen atoms in total. The van der Waals surface area contributed by atoms with Gasteiger partial charge in [0, 0.05) is 12.5 Å². The van der Waals surface area contributed by atoms with Crippen LogP contribution in [-0.2, 0) is 6.42 Å². The van der Waals surface area contributed by atoms with Crippen molar-refractivity contribution in [2.45, 2.75) is 38.1 Å². The van der Waals surface area contributed by atoms with E-state index >= 15 is 0 Å². The quantitative estimate of drug-likeness (QED) is 0.897. The average Bonchev–Trinajstić information content (AvgIpc) is 2.96. The van der Waals surface area contributed by atoms with Crippen LogP contribution in [0.2, 0.25) is 0 Å². The normalized spacial score (nSPS) is 33.2. The summed E-state index contributed by atoms with van der Waals surface area (Å²) in [6.45, 7) is 0.859. The van der Waals surface area contributed by atoms with E-state index in [-0.39, 0.29) is 0 Å². The van der Waals surface area contributed by atoms with Crippen LogP contribution in [0.25, 0.3) is 0 Å². The molecular weight excluding hydrogens is 234 g/mol. The summed E-state index contributed by atoms with van der Waals surface area (Å²) < 4.78 is 5.62. The van der Waals surface area contributed by atoms with E-state index in [2.05, 4.69) is 30.6 Å². The zero-order chi connectivity index (χ0) is 12.8. The van der Waals surface area contributed by atoms with Crippen LogP contribution >= 0.6 is 0 Å². The van der Waals surface area contributed by atoms with Gasteiger partial charge in [0.2, 0.25) is 0 Å². The zero-order valence-electron chi connectivity index (χ0n) is 11.7. The minimum atomic E-state index is 0.555. The molecule has 0 saturated heterocycles.